The lowest BCUT2D eigenvalue weighted by Crippen LogP contribution is -2.43. The van der Waals surface area contributed by atoms with Gasteiger partial charge in [-0.3, -0.25) is 9.30 Å². The van der Waals surface area contributed by atoms with Gasteiger partial charge in [0.15, 0.2) is 17.4 Å². The highest BCUT2D eigenvalue weighted by atomic mass is 127. The lowest BCUT2D eigenvalue weighted by molar-refractivity contribution is 0.193. The molecule has 3 rings (SSSR count). The number of aliphatic imine (C=N–C) groups is 1. The van der Waals surface area contributed by atoms with Gasteiger partial charge in [0.2, 0.25) is 0 Å². The van der Waals surface area contributed by atoms with Gasteiger partial charge in [0.1, 0.15) is 12.3 Å². The Morgan fingerprint density at radius 1 is 1.14 bits per heavy atom. The van der Waals surface area contributed by atoms with Crippen LogP contribution in [0.2, 0.25) is 0 Å². The Bertz CT molecular complexity index is 874. The van der Waals surface area contributed by atoms with E-state index >= 15 is 0 Å². The molecule has 0 spiro atoms. The van der Waals surface area contributed by atoms with Crippen LogP contribution in [0, 0.1) is 0 Å². The summed E-state index contributed by atoms with van der Waals surface area (Å²) in [6, 6.07) is 9.94. The van der Waals surface area contributed by atoms with Crippen molar-refractivity contribution in [2.24, 2.45) is 4.99 Å². The average Bonchev–Trinajstić information content (AvgIpc) is 3.39. The topological polar surface area (TPSA) is 83.0 Å². The Kier molecular flexibility index (Phi) is 9.39. The van der Waals surface area contributed by atoms with Crippen molar-refractivity contribution in [1.29, 1.82) is 0 Å². The van der Waals surface area contributed by atoms with Crippen LogP contribution in [-0.2, 0) is 6.54 Å². The molecule has 158 valence electrons. The summed E-state index contributed by atoms with van der Waals surface area (Å²) < 4.78 is 7.63. The second kappa shape index (κ2) is 11.8. The molecular weight excluding hydrogens is 481 g/mol. The number of nitrogens with zero attached hydrogens (tertiary/aromatic N) is 5. The van der Waals surface area contributed by atoms with Crippen LogP contribution in [0.25, 0.3) is 5.65 Å². The first-order chi connectivity index (χ1) is 13.8. The van der Waals surface area contributed by atoms with E-state index in [0.717, 1.165) is 42.8 Å². The maximum Gasteiger partial charge on any atom is 0.191 e. The average molecular weight is 511 g/mol. The van der Waals surface area contributed by atoms with Crippen LogP contribution in [-0.4, -0.2) is 51.6 Å². The zero-order chi connectivity index (χ0) is 19.8. The van der Waals surface area contributed by atoms with Gasteiger partial charge in [-0.1, -0.05) is 19.9 Å². The van der Waals surface area contributed by atoms with E-state index in [2.05, 4.69) is 46.5 Å². The molecule has 0 bridgehead atoms. The molecule has 8 nitrogen and oxygen atoms in total. The van der Waals surface area contributed by atoms with Crippen molar-refractivity contribution in [2.45, 2.75) is 33.4 Å². The fraction of sp³-hybridized carbons (Fsp3) is 0.450. The molecule has 2 N–H and O–H groups in total. The fourth-order valence-corrected chi connectivity index (χ4v) is 3.24. The normalized spacial score (nSPS) is 12.8. The van der Waals surface area contributed by atoms with Crippen molar-refractivity contribution < 1.29 is 4.42 Å². The molecule has 0 aliphatic carbocycles. The number of hydrogen-bond donors (Lipinski definition) is 2. The molecule has 3 heterocycles. The second-order valence-corrected chi connectivity index (χ2v) is 6.37. The first-order valence-corrected chi connectivity index (χ1v) is 9.85. The third-order valence-corrected chi connectivity index (χ3v) is 4.69. The van der Waals surface area contributed by atoms with Gasteiger partial charge < -0.3 is 15.1 Å². The number of hydrogen-bond acceptors (Lipinski definition) is 5. The van der Waals surface area contributed by atoms with Crippen molar-refractivity contribution in [3.05, 3.63) is 54.4 Å². The van der Waals surface area contributed by atoms with Crippen molar-refractivity contribution >= 4 is 35.6 Å². The lowest BCUT2D eigenvalue weighted by Gasteiger charge is -2.28. The maximum atomic E-state index is 5.68. The van der Waals surface area contributed by atoms with Gasteiger partial charge in [0.05, 0.1) is 12.3 Å². The Balaban J connectivity index is 0.00000300. The summed E-state index contributed by atoms with van der Waals surface area (Å²) in [7, 11) is 0. The number of furan rings is 1. The van der Waals surface area contributed by atoms with Crippen molar-refractivity contribution in [3.8, 4) is 0 Å². The van der Waals surface area contributed by atoms with E-state index in [0.29, 0.717) is 13.1 Å². The molecular formula is C20H30IN7O. The maximum absolute atomic E-state index is 5.68. The predicted octanol–water partition coefficient (Wildman–Crippen LogP) is 3.08. The SMILES string of the molecule is CCNC(=NCc1nnc2ccccn12)NCC(c1ccco1)N(CC)CC.I. The zero-order valence-corrected chi connectivity index (χ0v) is 19.5. The van der Waals surface area contributed by atoms with Crippen LogP contribution in [0.4, 0.5) is 0 Å². The van der Waals surface area contributed by atoms with Crippen molar-refractivity contribution in [1.82, 2.24) is 30.1 Å². The molecule has 29 heavy (non-hydrogen) atoms. The number of aromatic nitrogens is 3. The van der Waals surface area contributed by atoms with E-state index in [9.17, 15) is 0 Å². The highest BCUT2D eigenvalue weighted by Crippen LogP contribution is 2.20. The zero-order valence-electron chi connectivity index (χ0n) is 17.2. The standard InChI is InChI=1S/C20H29N7O.HI/c1-4-21-20(23-15-19-25-24-18-11-7-8-12-27(18)19)22-14-16(26(5-2)6-3)17-10-9-13-28-17;/h7-13,16H,4-6,14-15H2,1-3H3,(H2,21,22,23);1H. The van der Waals surface area contributed by atoms with Gasteiger partial charge in [-0.15, -0.1) is 34.2 Å². The summed E-state index contributed by atoms with van der Waals surface area (Å²) in [6.07, 6.45) is 3.68. The molecule has 0 amide bonds. The van der Waals surface area contributed by atoms with Crippen LogP contribution in [0.1, 0.15) is 38.4 Å². The number of rotatable bonds is 9. The van der Waals surface area contributed by atoms with Crippen LogP contribution in [0.15, 0.2) is 52.2 Å². The minimum Gasteiger partial charge on any atom is -0.468 e. The molecule has 0 radical (unpaired) electrons. The van der Waals surface area contributed by atoms with Crippen molar-refractivity contribution in [3.63, 3.8) is 0 Å². The Labute approximate surface area is 188 Å². The molecule has 0 aromatic carbocycles. The summed E-state index contributed by atoms with van der Waals surface area (Å²) in [5.74, 6) is 2.51. The smallest absolute Gasteiger partial charge is 0.191 e. The van der Waals surface area contributed by atoms with Gasteiger partial charge in [0, 0.05) is 19.3 Å². The van der Waals surface area contributed by atoms with Gasteiger partial charge in [-0.05, 0) is 44.3 Å². The molecule has 9 heteroatoms. The minimum atomic E-state index is 0. The monoisotopic (exact) mass is 511 g/mol. The predicted molar refractivity (Wildman–Crippen MR) is 126 cm³/mol. The van der Waals surface area contributed by atoms with E-state index in [1.807, 2.05) is 40.9 Å². The largest absolute Gasteiger partial charge is 0.468 e. The third-order valence-electron chi connectivity index (χ3n) is 4.69. The number of pyridine rings is 1. The summed E-state index contributed by atoms with van der Waals surface area (Å²) in [4.78, 5) is 7.05. The molecule has 0 aliphatic rings. The first kappa shape index (κ1) is 23.1. The highest BCUT2D eigenvalue weighted by molar-refractivity contribution is 14.0. The van der Waals surface area contributed by atoms with Crippen LogP contribution in [0.5, 0.6) is 0 Å². The number of fused-ring (bicyclic) bond motifs is 1. The molecule has 3 aromatic rings. The van der Waals surface area contributed by atoms with Gasteiger partial charge >= 0.3 is 0 Å². The molecule has 0 fully saturated rings. The lowest BCUT2D eigenvalue weighted by atomic mass is 10.2. The molecule has 0 aliphatic heterocycles. The van der Waals surface area contributed by atoms with Gasteiger partial charge in [-0.25, -0.2) is 4.99 Å². The van der Waals surface area contributed by atoms with E-state index < -0.39 is 0 Å². The third kappa shape index (κ3) is 5.92. The molecule has 3 aromatic heterocycles. The summed E-state index contributed by atoms with van der Waals surface area (Å²) in [5.41, 5.74) is 0.824. The van der Waals surface area contributed by atoms with Crippen LogP contribution >= 0.6 is 24.0 Å². The number of guanidine groups is 1. The van der Waals surface area contributed by atoms with Crippen LogP contribution in [0.3, 0.4) is 0 Å². The summed E-state index contributed by atoms with van der Waals surface area (Å²) in [6.45, 7) is 10.2. The van der Waals surface area contributed by atoms with Gasteiger partial charge in [-0.2, -0.15) is 0 Å². The summed E-state index contributed by atoms with van der Waals surface area (Å²) in [5, 5.41) is 15.2. The second-order valence-electron chi connectivity index (χ2n) is 6.37. The quantitative estimate of drug-likeness (QED) is 0.261. The molecule has 1 unspecified atom stereocenters. The first-order valence-electron chi connectivity index (χ1n) is 9.85. The fourth-order valence-electron chi connectivity index (χ4n) is 3.24. The molecule has 1 atom stereocenters. The molecule has 0 saturated heterocycles. The Morgan fingerprint density at radius 3 is 2.66 bits per heavy atom. The van der Waals surface area contributed by atoms with E-state index in [-0.39, 0.29) is 30.0 Å². The van der Waals surface area contributed by atoms with Crippen molar-refractivity contribution in [2.75, 3.05) is 26.2 Å². The number of halogens is 1. The minimum absolute atomic E-state index is 0. The van der Waals surface area contributed by atoms with E-state index in [1.165, 1.54) is 0 Å². The summed E-state index contributed by atoms with van der Waals surface area (Å²) >= 11 is 0. The Morgan fingerprint density at radius 2 is 1.97 bits per heavy atom. The van der Waals surface area contributed by atoms with Gasteiger partial charge in [0.25, 0.3) is 0 Å². The van der Waals surface area contributed by atoms with E-state index in [1.54, 1.807) is 6.26 Å². The number of likely N-dealkylation sites (N-methyl/N-ethyl adjacent to an activating group) is 1. The highest BCUT2D eigenvalue weighted by Gasteiger charge is 2.20. The van der Waals surface area contributed by atoms with Crippen LogP contribution < -0.4 is 10.6 Å². The Hall–Kier alpha value is -2.14. The molecule has 0 saturated carbocycles. The number of nitrogens with one attached hydrogen (secondary N) is 2. The van der Waals surface area contributed by atoms with E-state index in [4.69, 9.17) is 9.41 Å².